The number of hydrogen-bond acceptors (Lipinski definition) is 5. The van der Waals surface area contributed by atoms with Gasteiger partial charge in [0, 0.05) is 49.2 Å². The summed E-state index contributed by atoms with van der Waals surface area (Å²) in [6.45, 7) is 3.00. The topological polar surface area (TPSA) is 50.7 Å². The predicted molar refractivity (Wildman–Crippen MR) is 64.3 cm³/mol. The van der Waals surface area contributed by atoms with Crippen molar-refractivity contribution in [3.8, 4) is 0 Å². The van der Waals surface area contributed by atoms with Gasteiger partial charge in [-0.2, -0.15) is 0 Å². The molecule has 0 aliphatic heterocycles. The molecule has 84 valence electrons. The average molecular weight is 234 g/mol. The Morgan fingerprint density at radius 2 is 2.25 bits per heavy atom. The van der Waals surface area contributed by atoms with Crippen LogP contribution in [0.5, 0.6) is 0 Å². The van der Waals surface area contributed by atoms with Gasteiger partial charge in [-0.3, -0.25) is 9.97 Å². The van der Waals surface area contributed by atoms with Crippen molar-refractivity contribution in [2.45, 2.75) is 19.4 Å². The van der Waals surface area contributed by atoms with E-state index in [9.17, 15) is 0 Å². The molecule has 0 aliphatic rings. The lowest BCUT2D eigenvalue weighted by Crippen LogP contribution is -2.22. The van der Waals surface area contributed by atoms with Crippen molar-refractivity contribution >= 4 is 11.3 Å². The Morgan fingerprint density at radius 3 is 2.94 bits per heavy atom. The molecule has 5 heteroatoms. The van der Waals surface area contributed by atoms with E-state index in [0.717, 1.165) is 18.7 Å². The van der Waals surface area contributed by atoms with Crippen molar-refractivity contribution in [2.75, 3.05) is 6.54 Å². The van der Waals surface area contributed by atoms with Crippen LogP contribution in [0.4, 0.5) is 0 Å². The maximum Gasteiger partial charge on any atom is 0.0937 e. The fourth-order valence-corrected chi connectivity index (χ4v) is 2.03. The van der Waals surface area contributed by atoms with Gasteiger partial charge in [-0.15, -0.1) is 11.3 Å². The third-order valence-corrected chi connectivity index (χ3v) is 3.14. The van der Waals surface area contributed by atoms with Gasteiger partial charge in [0.1, 0.15) is 0 Å². The van der Waals surface area contributed by atoms with Gasteiger partial charge in [0.2, 0.25) is 0 Å². The zero-order valence-corrected chi connectivity index (χ0v) is 9.94. The van der Waals surface area contributed by atoms with Gasteiger partial charge in [-0.05, 0) is 6.92 Å². The molecule has 1 atom stereocenters. The monoisotopic (exact) mass is 234 g/mol. The summed E-state index contributed by atoms with van der Waals surface area (Å²) in [5.74, 6) is 0. The molecule has 1 N–H and O–H groups in total. The molecule has 2 rings (SSSR count). The van der Waals surface area contributed by atoms with Crippen LogP contribution in [0.3, 0.4) is 0 Å². The molecule has 4 nitrogen and oxygen atoms in total. The minimum absolute atomic E-state index is 0.230. The molecular formula is C11H14N4S. The molecular weight excluding hydrogens is 220 g/mol. The van der Waals surface area contributed by atoms with E-state index in [1.807, 2.05) is 11.6 Å². The Kier molecular flexibility index (Phi) is 3.96. The Balaban J connectivity index is 1.78. The summed E-state index contributed by atoms with van der Waals surface area (Å²) in [7, 11) is 0. The molecule has 0 saturated heterocycles. The molecule has 0 amide bonds. The van der Waals surface area contributed by atoms with Crippen LogP contribution in [0.15, 0.2) is 30.2 Å². The van der Waals surface area contributed by atoms with Gasteiger partial charge < -0.3 is 5.32 Å². The first-order valence-electron chi connectivity index (χ1n) is 5.24. The van der Waals surface area contributed by atoms with E-state index < -0.39 is 0 Å². The number of hydrogen-bond donors (Lipinski definition) is 1. The average Bonchev–Trinajstić information content (AvgIpc) is 2.83. The second-order valence-electron chi connectivity index (χ2n) is 3.48. The van der Waals surface area contributed by atoms with Crippen molar-refractivity contribution in [3.05, 3.63) is 40.9 Å². The Labute approximate surface area is 98.8 Å². The number of aromatic nitrogens is 3. The molecule has 2 aromatic rings. The van der Waals surface area contributed by atoms with Crippen molar-refractivity contribution in [1.82, 2.24) is 20.3 Å². The highest BCUT2D eigenvalue weighted by Crippen LogP contribution is 2.08. The molecule has 0 saturated carbocycles. The van der Waals surface area contributed by atoms with Crippen molar-refractivity contribution in [2.24, 2.45) is 0 Å². The summed E-state index contributed by atoms with van der Waals surface area (Å²) in [6.07, 6.45) is 8.00. The van der Waals surface area contributed by atoms with Gasteiger partial charge in [0.25, 0.3) is 0 Å². The normalized spacial score (nSPS) is 12.6. The van der Waals surface area contributed by atoms with Crippen LogP contribution in [-0.2, 0) is 6.42 Å². The molecule has 0 radical (unpaired) electrons. The van der Waals surface area contributed by atoms with E-state index >= 15 is 0 Å². The Hall–Kier alpha value is -1.33. The van der Waals surface area contributed by atoms with Crippen molar-refractivity contribution in [3.63, 3.8) is 0 Å². The number of rotatable bonds is 5. The molecule has 0 bridgehead atoms. The highest BCUT2D eigenvalue weighted by Gasteiger charge is 2.05. The quantitative estimate of drug-likeness (QED) is 0.857. The summed E-state index contributed by atoms with van der Waals surface area (Å²) in [6, 6.07) is 0.230. The molecule has 0 spiro atoms. The lowest BCUT2D eigenvalue weighted by atomic mass is 10.2. The summed E-state index contributed by atoms with van der Waals surface area (Å²) in [5.41, 5.74) is 0.974. The predicted octanol–water partition coefficient (Wildman–Crippen LogP) is 1.83. The second-order valence-corrected chi connectivity index (χ2v) is 4.46. The number of nitrogens with zero attached hydrogens (tertiary/aromatic N) is 3. The number of thiazole rings is 1. The minimum Gasteiger partial charge on any atom is -0.308 e. The van der Waals surface area contributed by atoms with Crippen LogP contribution >= 0.6 is 11.3 Å². The van der Waals surface area contributed by atoms with Gasteiger partial charge >= 0.3 is 0 Å². The fraction of sp³-hybridized carbons (Fsp3) is 0.364. The smallest absolute Gasteiger partial charge is 0.0937 e. The zero-order chi connectivity index (χ0) is 11.2. The van der Waals surface area contributed by atoms with Crippen LogP contribution in [0.25, 0.3) is 0 Å². The van der Waals surface area contributed by atoms with Crippen molar-refractivity contribution < 1.29 is 0 Å². The van der Waals surface area contributed by atoms with E-state index in [4.69, 9.17) is 0 Å². The van der Waals surface area contributed by atoms with Crippen molar-refractivity contribution in [1.29, 1.82) is 0 Å². The molecule has 1 unspecified atom stereocenters. The summed E-state index contributed by atoms with van der Waals surface area (Å²) >= 11 is 1.69. The molecule has 0 fully saturated rings. The SMILES string of the molecule is CC(NCCc1nccs1)c1cnccn1. The molecule has 0 aromatic carbocycles. The van der Waals surface area contributed by atoms with Gasteiger partial charge in [0.15, 0.2) is 0 Å². The van der Waals surface area contributed by atoms with E-state index in [1.54, 1.807) is 29.9 Å². The minimum atomic E-state index is 0.230. The molecule has 0 aliphatic carbocycles. The lowest BCUT2D eigenvalue weighted by Gasteiger charge is -2.11. The molecule has 2 aromatic heterocycles. The Morgan fingerprint density at radius 1 is 1.31 bits per heavy atom. The summed E-state index contributed by atoms with van der Waals surface area (Å²) in [5, 5.41) is 6.57. The van der Waals surface area contributed by atoms with Crippen LogP contribution in [-0.4, -0.2) is 21.5 Å². The van der Waals surface area contributed by atoms with Crippen LogP contribution in [0.2, 0.25) is 0 Å². The third kappa shape index (κ3) is 3.08. The van der Waals surface area contributed by atoms with E-state index in [0.29, 0.717) is 0 Å². The highest BCUT2D eigenvalue weighted by atomic mass is 32.1. The van der Waals surface area contributed by atoms with Crippen LogP contribution in [0, 0.1) is 0 Å². The summed E-state index contributed by atoms with van der Waals surface area (Å²) < 4.78 is 0. The molecule has 16 heavy (non-hydrogen) atoms. The highest BCUT2D eigenvalue weighted by molar-refractivity contribution is 7.09. The van der Waals surface area contributed by atoms with E-state index in [1.165, 1.54) is 5.01 Å². The lowest BCUT2D eigenvalue weighted by molar-refractivity contribution is 0.561. The first-order chi connectivity index (χ1) is 7.86. The van der Waals surface area contributed by atoms with Gasteiger partial charge in [-0.1, -0.05) is 0 Å². The maximum absolute atomic E-state index is 4.26. The Bertz CT molecular complexity index is 401. The van der Waals surface area contributed by atoms with Crippen LogP contribution in [0.1, 0.15) is 23.7 Å². The summed E-state index contributed by atoms with van der Waals surface area (Å²) in [4.78, 5) is 12.5. The largest absolute Gasteiger partial charge is 0.308 e. The standard InChI is InChI=1S/C11H14N4S/c1-9(10-8-12-4-5-14-10)13-3-2-11-15-6-7-16-11/h4-9,13H,2-3H2,1H3. The molecule has 2 heterocycles. The number of nitrogens with one attached hydrogen (secondary N) is 1. The van der Waals surface area contributed by atoms with Crippen LogP contribution < -0.4 is 5.32 Å². The zero-order valence-electron chi connectivity index (χ0n) is 9.13. The first-order valence-corrected chi connectivity index (χ1v) is 6.12. The fourth-order valence-electron chi connectivity index (χ4n) is 1.41. The van der Waals surface area contributed by atoms with E-state index in [2.05, 4.69) is 27.2 Å². The third-order valence-electron chi connectivity index (χ3n) is 2.30. The maximum atomic E-state index is 4.26. The van der Waals surface area contributed by atoms with Gasteiger partial charge in [-0.25, -0.2) is 4.98 Å². The first kappa shape index (κ1) is 11.2. The second kappa shape index (κ2) is 5.67. The van der Waals surface area contributed by atoms with Gasteiger partial charge in [0.05, 0.1) is 10.7 Å². The van der Waals surface area contributed by atoms with E-state index in [-0.39, 0.29) is 6.04 Å².